The number of amides is 1. The van der Waals surface area contributed by atoms with Gasteiger partial charge in [0.25, 0.3) is 0 Å². The molecule has 0 bridgehead atoms. The van der Waals surface area contributed by atoms with Crippen LogP contribution in [0.3, 0.4) is 0 Å². The molecule has 2 aromatic carbocycles. The van der Waals surface area contributed by atoms with Gasteiger partial charge in [0.1, 0.15) is 17.9 Å². The van der Waals surface area contributed by atoms with E-state index in [1.807, 2.05) is 0 Å². The molecule has 0 aliphatic heterocycles. The zero-order valence-corrected chi connectivity index (χ0v) is 16.4. The fourth-order valence-corrected chi connectivity index (χ4v) is 2.94. The number of aromatic nitrogens is 2. The summed E-state index contributed by atoms with van der Waals surface area (Å²) in [5.41, 5.74) is 1.03. The molecule has 0 saturated carbocycles. The van der Waals surface area contributed by atoms with Crippen molar-refractivity contribution in [1.82, 2.24) is 9.78 Å². The minimum Gasteiger partial charge on any atom is -0.324 e. The molecule has 1 amide bonds. The lowest BCUT2D eigenvalue weighted by Gasteiger charge is -2.15. The van der Waals surface area contributed by atoms with Gasteiger partial charge in [0.15, 0.2) is 5.78 Å². The Hall–Kier alpha value is -3.52. The molecule has 1 unspecified atom stereocenters. The third-order valence-corrected chi connectivity index (χ3v) is 4.62. The smallest absolute Gasteiger partial charge is 0.309 e. The van der Waals surface area contributed by atoms with Crippen molar-refractivity contribution in [3.63, 3.8) is 0 Å². The molecule has 8 nitrogen and oxygen atoms in total. The normalized spacial score (nSPS) is 11.7. The van der Waals surface area contributed by atoms with Crippen LogP contribution in [-0.2, 0) is 4.79 Å². The molecule has 29 heavy (non-hydrogen) atoms. The predicted molar refractivity (Wildman–Crippen MR) is 108 cm³/mol. The van der Waals surface area contributed by atoms with Crippen molar-refractivity contribution in [2.75, 3.05) is 5.32 Å². The number of nitro groups is 1. The van der Waals surface area contributed by atoms with Crippen molar-refractivity contribution in [2.24, 2.45) is 0 Å². The van der Waals surface area contributed by atoms with E-state index in [4.69, 9.17) is 11.6 Å². The summed E-state index contributed by atoms with van der Waals surface area (Å²) in [5, 5.41) is 18.1. The highest BCUT2D eigenvalue weighted by Crippen LogP contribution is 2.25. The van der Waals surface area contributed by atoms with E-state index in [9.17, 15) is 19.7 Å². The molecule has 3 aromatic rings. The predicted octanol–water partition coefficient (Wildman–Crippen LogP) is 4.18. The molecule has 1 heterocycles. The Morgan fingerprint density at radius 2 is 1.90 bits per heavy atom. The van der Waals surface area contributed by atoms with E-state index in [1.165, 1.54) is 23.9 Å². The Morgan fingerprint density at radius 1 is 1.21 bits per heavy atom. The quantitative estimate of drug-likeness (QED) is 0.371. The van der Waals surface area contributed by atoms with Crippen LogP contribution in [0.4, 0.5) is 11.4 Å². The zero-order chi connectivity index (χ0) is 21.1. The van der Waals surface area contributed by atoms with E-state index in [-0.39, 0.29) is 22.7 Å². The summed E-state index contributed by atoms with van der Waals surface area (Å²) in [5.74, 6) is -0.770. The molecule has 1 N–H and O–H groups in total. The van der Waals surface area contributed by atoms with Crippen LogP contribution in [0.15, 0.2) is 54.7 Å². The van der Waals surface area contributed by atoms with Gasteiger partial charge in [-0.1, -0.05) is 41.9 Å². The summed E-state index contributed by atoms with van der Waals surface area (Å²) in [6.45, 7) is 3.05. The van der Waals surface area contributed by atoms with Crippen LogP contribution in [0.2, 0.25) is 5.02 Å². The number of anilines is 1. The molecule has 9 heteroatoms. The lowest BCUT2D eigenvalue weighted by atomic mass is 10.0. The lowest BCUT2D eigenvalue weighted by molar-refractivity contribution is -0.385. The number of ketones is 1. The second-order valence-electron chi connectivity index (χ2n) is 6.39. The highest BCUT2D eigenvalue weighted by Gasteiger charge is 2.24. The molecule has 0 fully saturated rings. The first-order chi connectivity index (χ1) is 13.8. The Labute approximate surface area is 171 Å². The number of halogens is 1. The Bertz CT molecular complexity index is 1100. The van der Waals surface area contributed by atoms with E-state index in [1.54, 1.807) is 49.4 Å². The van der Waals surface area contributed by atoms with E-state index >= 15 is 0 Å². The number of nitrogens with zero attached hydrogens (tertiary/aromatic N) is 3. The minimum atomic E-state index is -0.835. The maximum Gasteiger partial charge on any atom is 0.309 e. The van der Waals surface area contributed by atoms with E-state index in [2.05, 4.69) is 10.4 Å². The van der Waals surface area contributed by atoms with Gasteiger partial charge >= 0.3 is 5.69 Å². The van der Waals surface area contributed by atoms with Crippen molar-refractivity contribution >= 4 is 34.7 Å². The minimum absolute atomic E-state index is 0.170. The third-order valence-electron chi connectivity index (χ3n) is 4.38. The zero-order valence-electron chi connectivity index (χ0n) is 15.6. The van der Waals surface area contributed by atoms with Crippen molar-refractivity contribution in [2.45, 2.75) is 19.9 Å². The summed E-state index contributed by atoms with van der Waals surface area (Å²) in [6, 6.07) is 12.4. The molecule has 0 aliphatic carbocycles. The maximum atomic E-state index is 12.9. The number of hydrogen-bond donors (Lipinski definition) is 1. The van der Waals surface area contributed by atoms with Gasteiger partial charge in [0, 0.05) is 16.1 Å². The number of rotatable bonds is 6. The highest BCUT2D eigenvalue weighted by atomic mass is 35.5. The van der Waals surface area contributed by atoms with Gasteiger partial charge in [-0.2, -0.15) is 5.10 Å². The van der Waals surface area contributed by atoms with Crippen LogP contribution in [0.25, 0.3) is 0 Å². The van der Waals surface area contributed by atoms with Gasteiger partial charge in [-0.3, -0.25) is 24.4 Å². The van der Waals surface area contributed by atoms with Gasteiger partial charge in [0.05, 0.1) is 10.6 Å². The first-order valence-electron chi connectivity index (χ1n) is 8.68. The summed E-state index contributed by atoms with van der Waals surface area (Å²) < 4.78 is 1.22. The van der Waals surface area contributed by atoms with Crippen LogP contribution < -0.4 is 5.32 Å². The van der Waals surface area contributed by atoms with E-state index in [0.717, 1.165) is 0 Å². The topological polar surface area (TPSA) is 107 Å². The van der Waals surface area contributed by atoms with Gasteiger partial charge in [-0.25, -0.2) is 0 Å². The second-order valence-corrected chi connectivity index (χ2v) is 6.82. The molecule has 148 valence electrons. The Morgan fingerprint density at radius 3 is 2.52 bits per heavy atom. The molecular formula is C20H17ClN4O4. The average Bonchev–Trinajstić information content (AvgIpc) is 3.10. The summed E-state index contributed by atoms with van der Waals surface area (Å²) in [4.78, 5) is 36.0. The number of benzene rings is 2. The highest BCUT2D eigenvalue weighted by molar-refractivity contribution is 6.31. The average molecular weight is 413 g/mol. The fourth-order valence-electron chi connectivity index (χ4n) is 2.77. The Kier molecular flexibility index (Phi) is 5.74. The first kappa shape index (κ1) is 20.2. The lowest BCUT2D eigenvalue weighted by Crippen LogP contribution is -2.25. The van der Waals surface area contributed by atoms with Gasteiger partial charge in [-0.05, 0) is 32.0 Å². The molecule has 1 atom stereocenters. The maximum absolute atomic E-state index is 12.9. The van der Waals surface area contributed by atoms with Crippen molar-refractivity contribution in [3.8, 4) is 0 Å². The summed E-state index contributed by atoms with van der Waals surface area (Å²) in [7, 11) is 0. The summed E-state index contributed by atoms with van der Waals surface area (Å²) >= 11 is 6.05. The number of carbonyl (C=O) groups excluding carboxylic acids is 2. The van der Waals surface area contributed by atoms with Crippen molar-refractivity contribution in [1.29, 1.82) is 0 Å². The number of hydrogen-bond acceptors (Lipinski definition) is 5. The second kappa shape index (κ2) is 8.24. The van der Waals surface area contributed by atoms with Gasteiger partial charge in [-0.15, -0.1) is 0 Å². The monoisotopic (exact) mass is 412 g/mol. The molecule has 0 spiro atoms. The molecule has 0 aliphatic rings. The number of carbonyl (C=O) groups is 2. The van der Waals surface area contributed by atoms with Crippen LogP contribution in [0.1, 0.15) is 34.6 Å². The molecule has 1 aromatic heterocycles. The standard InChI is InChI=1S/C20H17ClN4O4/c1-12-18(25(28)29)11-24(23-12)13(2)20(27)22-17-9-8-15(21)10-16(17)19(26)14-6-4-3-5-7-14/h3-11,13H,1-2H3,(H,22,27). The fraction of sp³-hybridized carbons (Fsp3) is 0.150. The van der Waals surface area contributed by atoms with E-state index < -0.39 is 16.9 Å². The molecular weight excluding hydrogens is 396 g/mol. The van der Waals surface area contributed by atoms with Crippen molar-refractivity contribution in [3.05, 3.63) is 86.7 Å². The molecule has 0 saturated heterocycles. The summed E-state index contributed by atoms with van der Waals surface area (Å²) in [6.07, 6.45) is 1.21. The first-order valence-corrected chi connectivity index (χ1v) is 9.06. The number of aryl methyl sites for hydroxylation is 1. The van der Waals surface area contributed by atoms with Crippen LogP contribution in [0.5, 0.6) is 0 Å². The van der Waals surface area contributed by atoms with E-state index in [0.29, 0.717) is 16.3 Å². The van der Waals surface area contributed by atoms with Crippen molar-refractivity contribution < 1.29 is 14.5 Å². The molecule has 0 radical (unpaired) electrons. The van der Waals surface area contributed by atoms with Crippen LogP contribution >= 0.6 is 11.6 Å². The van der Waals surface area contributed by atoms with Crippen LogP contribution in [0, 0.1) is 17.0 Å². The van der Waals surface area contributed by atoms with Gasteiger partial charge < -0.3 is 5.32 Å². The SMILES string of the molecule is Cc1nn(C(C)C(=O)Nc2ccc(Cl)cc2C(=O)c2ccccc2)cc1[N+](=O)[O-]. The van der Waals surface area contributed by atoms with Crippen LogP contribution in [-0.4, -0.2) is 26.4 Å². The third kappa shape index (κ3) is 4.33. The number of nitrogens with one attached hydrogen (secondary N) is 1. The largest absolute Gasteiger partial charge is 0.324 e. The Balaban J connectivity index is 1.88. The molecule has 3 rings (SSSR count). The van der Waals surface area contributed by atoms with Gasteiger partial charge in [0.2, 0.25) is 5.91 Å².